The Hall–Kier alpha value is -1.47. The smallest absolute Gasteiger partial charge is 0.119 e. The first-order valence-corrected chi connectivity index (χ1v) is 5.98. The van der Waals surface area contributed by atoms with Crippen molar-refractivity contribution in [1.82, 2.24) is 0 Å². The number of rotatable bonds is 3. The predicted molar refractivity (Wildman–Crippen MR) is 72.0 cm³/mol. The van der Waals surface area contributed by atoms with E-state index in [2.05, 4.69) is 31.2 Å². The van der Waals surface area contributed by atoms with Gasteiger partial charge in [0.25, 0.3) is 0 Å². The van der Waals surface area contributed by atoms with Crippen molar-refractivity contribution in [3.05, 3.63) is 64.7 Å². The Morgan fingerprint density at radius 1 is 1.00 bits per heavy atom. The summed E-state index contributed by atoms with van der Waals surface area (Å²) in [6.45, 7) is 2.18. The van der Waals surface area contributed by atoms with Crippen LogP contribution in [-0.2, 0) is 0 Å². The van der Waals surface area contributed by atoms with Crippen molar-refractivity contribution >= 4 is 11.6 Å². The minimum atomic E-state index is 0.336. The Morgan fingerprint density at radius 3 is 2.35 bits per heavy atom. The summed E-state index contributed by atoms with van der Waals surface area (Å²) in [7, 11) is 1.69. The summed E-state index contributed by atoms with van der Waals surface area (Å²) in [6.07, 6.45) is 0. The van der Waals surface area contributed by atoms with Gasteiger partial charge in [0.05, 0.1) is 7.11 Å². The van der Waals surface area contributed by atoms with E-state index in [0.717, 1.165) is 10.8 Å². The van der Waals surface area contributed by atoms with Gasteiger partial charge in [0.15, 0.2) is 0 Å². The highest BCUT2D eigenvalue weighted by Gasteiger charge is 2.08. The van der Waals surface area contributed by atoms with Gasteiger partial charge in [-0.05, 0) is 35.4 Å². The molecule has 0 N–H and O–H groups in total. The maximum absolute atomic E-state index is 5.89. The molecule has 88 valence electrons. The second-order valence-corrected chi connectivity index (χ2v) is 4.49. The standard InChI is InChI=1S/C15H15ClO/c1-11(12-6-8-14(16)9-7-12)13-4-3-5-15(10-13)17-2/h3-11H,1-2H3. The fourth-order valence-corrected chi connectivity index (χ4v) is 1.98. The van der Waals surface area contributed by atoms with Gasteiger partial charge in [0.1, 0.15) is 5.75 Å². The molecule has 0 aliphatic carbocycles. The van der Waals surface area contributed by atoms with Gasteiger partial charge in [-0.25, -0.2) is 0 Å². The Kier molecular flexibility index (Phi) is 3.70. The van der Waals surface area contributed by atoms with Crippen molar-refractivity contribution in [2.45, 2.75) is 12.8 Å². The highest BCUT2D eigenvalue weighted by atomic mass is 35.5. The van der Waals surface area contributed by atoms with Crippen molar-refractivity contribution in [3.63, 3.8) is 0 Å². The molecule has 0 aliphatic heterocycles. The lowest BCUT2D eigenvalue weighted by Crippen LogP contribution is -1.96. The first-order valence-electron chi connectivity index (χ1n) is 5.60. The van der Waals surface area contributed by atoms with E-state index < -0.39 is 0 Å². The number of hydrogen-bond acceptors (Lipinski definition) is 1. The lowest BCUT2D eigenvalue weighted by molar-refractivity contribution is 0.414. The zero-order valence-corrected chi connectivity index (χ0v) is 10.7. The fraction of sp³-hybridized carbons (Fsp3) is 0.200. The molecule has 2 heteroatoms. The van der Waals surface area contributed by atoms with E-state index in [9.17, 15) is 0 Å². The molecule has 1 nitrogen and oxygen atoms in total. The van der Waals surface area contributed by atoms with Crippen molar-refractivity contribution in [2.24, 2.45) is 0 Å². The second-order valence-electron chi connectivity index (χ2n) is 4.05. The molecule has 1 atom stereocenters. The summed E-state index contributed by atoms with van der Waals surface area (Å²) in [4.78, 5) is 0. The summed E-state index contributed by atoms with van der Waals surface area (Å²) in [6, 6.07) is 16.1. The molecule has 0 heterocycles. The number of benzene rings is 2. The molecule has 1 unspecified atom stereocenters. The number of halogens is 1. The Morgan fingerprint density at radius 2 is 1.71 bits per heavy atom. The molecule has 17 heavy (non-hydrogen) atoms. The third kappa shape index (κ3) is 2.80. The van der Waals surface area contributed by atoms with Gasteiger partial charge in [0.2, 0.25) is 0 Å². The molecule has 0 saturated heterocycles. The zero-order valence-electron chi connectivity index (χ0n) is 9.98. The second kappa shape index (κ2) is 5.24. The molecular weight excluding hydrogens is 232 g/mol. The monoisotopic (exact) mass is 246 g/mol. The lowest BCUT2D eigenvalue weighted by atomic mass is 9.93. The van der Waals surface area contributed by atoms with Gasteiger partial charge in [-0.2, -0.15) is 0 Å². The molecule has 0 aliphatic rings. The van der Waals surface area contributed by atoms with Crippen LogP contribution in [0.4, 0.5) is 0 Å². The van der Waals surface area contributed by atoms with Crippen LogP contribution in [0.1, 0.15) is 24.0 Å². The van der Waals surface area contributed by atoms with Gasteiger partial charge >= 0.3 is 0 Å². The molecule has 0 fully saturated rings. The quantitative estimate of drug-likeness (QED) is 0.775. The first kappa shape index (κ1) is 12.0. The minimum Gasteiger partial charge on any atom is -0.497 e. The largest absolute Gasteiger partial charge is 0.497 e. The number of ether oxygens (including phenoxy) is 1. The number of hydrogen-bond donors (Lipinski definition) is 0. The van der Waals surface area contributed by atoms with Gasteiger partial charge in [-0.1, -0.05) is 42.8 Å². The van der Waals surface area contributed by atoms with E-state index in [1.165, 1.54) is 11.1 Å². The molecule has 0 spiro atoms. The molecule has 0 aromatic heterocycles. The summed E-state index contributed by atoms with van der Waals surface area (Å²) >= 11 is 5.89. The Labute approximate surface area is 107 Å². The van der Waals surface area contributed by atoms with Crippen molar-refractivity contribution in [3.8, 4) is 5.75 Å². The van der Waals surface area contributed by atoms with Gasteiger partial charge < -0.3 is 4.74 Å². The van der Waals surface area contributed by atoms with Gasteiger partial charge in [-0.15, -0.1) is 0 Å². The van der Waals surface area contributed by atoms with Crippen LogP contribution in [0.5, 0.6) is 5.75 Å². The third-order valence-electron chi connectivity index (χ3n) is 2.96. The molecule has 2 aromatic carbocycles. The van der Waals surface area contributed by atoms with E-state index in [1.807, 2.05) is 24.3 Å². The molecular formula is C15H15ClO. The zero-order chi connectivity index (χ0) is 12.3. The predicted octanol–water partition coefficient (Wildman–Crippen LogP) is 4.50. The average Bonchev–Trinajstić information content (AvgIpc) is 2.39. The average molecular weight is 247 g/mol. The normalized spacial score (nSPS) is 12.2. The molecule has 0 radical (unpaired) electrons. The van der Waals surface area contributed by atoms with Gasteiger partial charge in [-0.3, -0.25) is 0 Å². The van der Waals surface area contributed by atoms with Crippen molar-refractivity contribution in [1.29, 1.82) is 0 Å². The molecule has 0 amide bonds. The molecule has 2 aromatic rings. The molecule has 2 rings (SSSR count). The van der Waals surface area contributed by atoms with Crippen LogP contribution in [0.3, 0.4) is 0 Å². The highest BCUT2D eigenvalue weighted by molar-refractivity contribution is 6.30. The summed E-state index contributed by atoms with van der Waals surface area (Å²) in [5, 5.41) is 0.770. The Balaban J connectivity index is 2.29. The van der Waals surface area contributed by atoms with Crippen molar-refractivity contribution in [2.75, 3.05) is 7.11 Å². The Bertz CT molecular complexity index is 491. The number of methoxy groups -OCH3 is 1. The summed E-state index contributed by atoms with van der Waals surface area (Å²) in [5.74, 6) is 1.23. The summed E-state index contributed by atoms with van der Waals surface area (Å²) < 4.78 is 5.24. The SMILES string of the molecule is COc1cccc(C(C)c2ccc(Cl)cc2)c1. The van der Waals surface area contributed by atoms with Crippen LogP contribution in [-0.4, -0.2) is 7.11 Å². The van der Waals surface area contributed by atoms with E-state index >= 15 is 0 Å². The highest BCUT2D eigenvalue weighted by Crippen LogP contribution is 2.27. The minimum absolute atomic E-state index is 0.336. The van der Waals surface area contributed by atoms with Crippen LogP contribution in [0.25, 0.3) is 0 Å². The van der Waals surface area contributed by atoms with E-state index in [1.54, 1.807) is 7.11 Å². The first-order chi connectivity index (χ1) is 8.20. The summed E-state index contributed by atoms with van der Waals surface area (Å²) in [5.41, 5.74) is 2.49. The van der Waals surface area contributed by atoms with E-state index in [0.29, 0.717) is 5.92 Å². The van der Waals surface area contributed by atoms with Crippen molar-refractivity contribution < 1.29 is 4.74 Å². The van der Waals surface area contributed by atoms with Crippen LogP contribution in [0.15, 0.2) is 48.5 Å². The third-order valence-corrected chi connectivity index (χ3v) is 3.22. The van der Waals surface area contributed by atoms with Crippen LogP contribution in [0.2, 0.25) is 5.02 Å². The van der Waals surface area contributed by atoms with Crippen LogP contribution >= 0.6 is 11.6 Å². The maximum Gasteiger partial charge on any atom is 0.119 e. The molecule has 0 saturated carbocycles. The van der Waals surface area contributed by atoms with Gasteiger partial charge in [0, 0.05) is 10.9 Å². The fourth-order valence-electron chi connectivity index (χ4n) is 1.85. The lowest BCUT2D eigenvalue weighted by Gasteiger charge is -2.13. The van der Waals surface area contributed by atoms with E-state index in [4.69, 9.17) is 16.3 Å². The van der Waals surface area contributed by atoms with Crippen LogP contribution in [0, 0.1) is 0 Å². The van der Waals surface area contributed by atoms with E-state index in [-0.39, 0.29) is 0 Å². The van der Waals surface area contributed by atoms with Crippen LogP contribution < -0.4 is 4.74 Å². The molecule has 0 bridgehead atoms. The maximum atomic E-state index is 5.89. The topological polar surface area (TPSA) is 9.23 Å².